The van der Waals surface area contributed by atoms with Crippen LogP contribution in [0, 0.1) is 0 Å². The molecule has 6 heteroatoms. The van der Waals surface area contributed by atoms with Crippen LogP contribution in [0.1, 0.15) is 18.4 Å². The maximum absolute atomic E-state index is 13.2. The number of fused-ring (bicyclic) bond motifs is 2. The molecule has 0 N–H and O–H groups in total. The van der Waals surface area contributed by atoms with Crippen molar-refractivity contribution in [3.8, 4) is 0 Å². The van der Waals surface area contributed by atoms with E-state index in [1.165, 1.54) is 6.20 Å². The predicted octanol–water partition coefficient (Wildman–Crippen LogP) is 2.25. The van der Waals surface area contributed by atoms with Crippen LogP contribution in [0.15, 0.2) is 53.7 Å². The Labute approximate surface area is 136 Å². The van der Waals surface area contributed by atoms with Crippen LogP contribution in [0.2, 0.25) is 0 Å². The zero-order valence-electron chi connectivity index (χ0n) is 12.8. The monoisotopic (exact) mass is 329 g/mol. The quantitative estimate of drug-likeness (QED) is 0.848. The van der Waals surface area contributed by atoms with Gasteiger partial charge >= 0.3 is 0 Å². The molecule has 0 radical (unpaired) electrons. The van der Waals surface area contributed by atoms with Crippen molar-refractivity contribution in [1.82, 2.24) is 9.88 Å². The SMILES string of the molecule is O=S(=O)(c1cccnc1)N1C[C@@H]2CCCN2Cc2ccccc21. The Balaban J connectivity index is 1.83. The number of benzene rings is 1. The number of hydrogen-bond acceptors (Lipinski definition) is 4. The minimum atomic E-state index is -3.59. The summed E-state index contributed by atoms with van der Waals surface area (Å²) >= 11 is 0. The maximum atomic E-state index is 13.2. The molecular weight excluding hydrogens is 310 g/mol. The van der Waals surface area contributed by atoms with Gasteiger partial charge in [0.15, 0.2) is 0 Å². The highest BCUT2D eigenvalue weighted by Crippen LogP contribution is 2.34. The second-order valence-corrected chi connectivity index (χ2v) is 7.98. The number of nitrogens with zero attached hydrogens (tertiary/aromatic N) is 3. The van der Waals surface area contributed by atoms with Gasteiger partial charge in [0.1, 0.15) is 4.90 Å². The van der Waals surface area contributed by atoms with Gasteiger partial charge in [-0.15, -0.1) is 0 Å². The molecular formula is C17H19N3O2S. The lowest BCUT2D eigenvalue weighted by Gasteiger charge is -2.27. The molecule has 0 unspecified atom stereocenters. The standard InChI is InChI=1S/C17H19N3O2S/c21-23(22,16-7-3-9-18-11-16)20-13-15-6-4-10-19(15)12-14-5-1-2-8-17(14)20/h1-3,5,7-9,11,15H,4,6,10,12-13H2/t15-/m0/s1. The van der Waals surface area contributed by atoms with E-state index in [1.54, 1.807) is 22.6 Å². The lowest BCUT2D eigenvalue weighted by Crippen LogP contribution is -2.40. The van der Waals surface area contributed by atoms with Crippen LogP contribution in [0.4, 0.5) is 5.69 Å². The first-order valence-corrected chi connectivity index (χ1v) is 9.35. The van der Waals surface area contributed by atoms with Crippen molar-refractivity contribution in [3.05, 3.63) is 54.4 Å². The summed E-state index contributed by atoms with van der Waals surface area (Å²) in [6.45, 7) is 2.37. The summed E-state index contributed by atoms with van der Waals surface area (Å²) in [6.07, 6.45) is 5.20. The fourth-order valence-corrected chi connectivity index (χ4v) is 5.07. The molecule has 2 aromatic rings. The molecule has 1 atom stereocenters. The first kappa shape index (κ1) is 14.7. The number of hydrogen-bond donors (Lipinski definition) is 0. The highest BCUT2D eigenvalue weighted by molar-refractivity contribution is 7.92. The average Bonchev–Trinajstić information content (AvgIpc) is 2.94. The van der Waals surface area contributed by atoms with Crippen molar-refractivity contribution < 1.29 is 8.42 Å². The van der Waals surface area contributed by atoms with E-state index in [9.17, 15) is 8.42 Å². The van der Waals surface area contributed by atoms with Crippen molar-refractivity contribution in [2.24, 2.45) is 0 Å². The first-order valence-electron chi connectivity index (χ1n) is 7.91. The Bertz CT molecular complexity index is 808. The summed E-state index contributed by atoms with van der Waals surface area (Å²) in [5.74, 6) is 0. The van der Waals surface area contributed by atoms with E-state index in [0.29, 0.717) is 6.54 Å². The molecule has 2 aliphatic rings. The van der Waals surface area contributed by atoms with Gasteiger partial charge < -0.3 is 0 Å². The highest BCUT2D eigenvalue weighted by atomic mass is 32.2. The summed E-state index contributed by atoms with van der Waals surface area (Å²) < 4.78 is 27.9. The Hall–Kier alpha value is -1.92. The molecule has 2 aliphatic heterocycles. The maximum Gasteiger partial charge on any atom is 0.265 e. The van der Waals surface area contributed by atoms with Crippen LogP contribution in [0.5, 0.6) is 0 Å². The lowest BCUT2D eigenvalue weighted by molar-refractivity contribution is 0.257. The van der Waals surface area contributed by atoms with Crippen LogP contribution >= 0.6 is 0 Å². The normalized spacial score (nSPS) is 21.6. The molecule has 0 spiro atoms. The van der Waals surface area contributed by atoms with Gasteiger partial charge in [-0.3, -0.25) is 14.2 Å². The highest BCUT2D eigenvalue weighted by Gasteiger charge is 2.36. The van der Waals surface area contributed by atoms with Crippen molar-refractivity contribution in [2.75, 3.05) is 17.4 Å². The summed E-state index contributed by atoms with van der Waals surface area (Å²) in [6, 6.07) is 11.4. The van der Waals surface area contributed by atoms with Gasteiger partial charge in [0.05, 0.1) is 5.69 Å². The van der Waals surface area contributed by atoms with Crippen molar-refractivity contribution >= 4 is 15.7 Å². The average molecular weight is 329 g/mol. The van der Waals surface area contributed by atoms with E-state index in [1.807, 2.05) is 24.3 Å². The summed E-state index contributed by atoms with van der Waals surface area (Å²) in [7, 11) is -3.59. The van der Waals surface area contributed by atoms with Crippen LogP contribution < -0.4 is 4.31 Å². The molecule has 4 rings (SSSR count). The topological polar surface area (TPSA) is 53.5 Å². The fraction of sp³-hybridized carbons (Fsp3) is 0.353. The van der Waals surface area contributed by atoms with Gasteiger partial charge in [-0.1, -0.05) is 18.2 Å². The van der Waals surface area contributed by atoms with E-state index >= 15 is 0 Å². The van der Waals surface area contributed by atoms with Gasteiger partial charge in [-0.05, 0) is 43.1 Å². The second-order valence-electron chi connectivity index (χ2n) is 6.12. The Morgan fingerprint density at radius 3 is 2.83 bits per heavy atom. The van der Waals surface area contributed by atoms with Crippen LogP contribution in [0.25, 0.3) is 0 Å². The summed E-state index contributed by atoms with van der Waals surface area (Å²) in [5, 5.41) is 0. The zero-order chi connectivity index (χ0) is 15.9. The van der Waals surface area contributed by atoms with Crippen LogP contribution in [0.3, 0.4) is 0 Å². The van der Waals surface area contributed by atoms with Crippen molar-refractivity contribution in [3.63, 3.8) is 0 Å². The number of anilines is 1. The number of pyridine rings is 1. The molecule has 1 aromatic carbocycles. The summed E-state index contributed by atoms with van der Waals surface area (Å²) in [5.41, 5.74) is 1.87. The first-order chi connectivity index (χ1) is 11.2. The van der Waals surface area contributed by atoms with Gasteiger partial charge in [-0.2, -0.15) is 0 Å². The van der Waals surface area contributed by atoms with Gasteiger partial charge in [-0.25, -0.2) is 8.42 Å². The molecule has 0 saturated carbocycles. The van der Waals surface area contributed by atoms with E-state index in [0.717, 1.165) is 37.2 Å². The molecule has 1 aromatic heterocycles. The largest absolute Gasteiger partial charge is 0.294 e. The Kier molecular flexibility index (Phi) is 3.58. The van der Waals surface area contributed by atoms with Gasteiger partial charge in [0.2, 0.25) is 0 Å². The molecule has 0 aliphatic carbocycles. The van der Waals surface area contributed by atoms with Gasteiger partial charge in [0.25, 0.3) is 10.0 Å². The third kappa shape index (κ3) is 2.52. The number of para-hydroxylation sites is 1. The lowest BCUT2D eigenvalue weighted by atomic mass is 10.2. The van der Waals surface area contributed by atoms with Gasteiger partial charge in [0, 0.05) is 31.5 Å². The molecule has 0 amide bonds. The number of rotatable bonds is 2. The number of aromatic nitrogens is 1. The molecule has 5 nitrogen and oxygen atoms in total. The van der Waals surface area contributed by atoms with Crippen LogP contribution in [-0.2, 0) is 16.6 Å². The van der Waals surface area contributed by atoms with Crippen LogP contribution in [-0.4, -0.2) is 37.4 Å². The second kappa shape index (κ2) is 5.62. The molecule has 0 bridgehead atoms. The Morgan fingerprint density at radius 1 is 1.13 bits per heavy atom. The smallest absolute Gasteiger partial charge is 0.265 e. The third-order valence-electron chi connectivity index (χ3n) is 4.73. The number of sulfonamides is 1. The Morgan fingerprint density at radius 2 is 2.00 bits per heavy atom. The van der Waals surface area contributed by atoms with E-state index in [4.69, 9.17) is 0 Å². The minimum absolute atomic E-state index is 0.251. The van der Waals surface area contributed by atoms with E-state index in [2.05, 4.69) is 9.88 Å². The molecule has 1 saturated heterocycles. The molecule has 1 fully saturated rings. The molecule has 23 heavy (non-hydrogen) atoms. The van der Waals surface area contributed by atoms with E-state index in [-0.39, 0.29) is 10.9 Å². The molecule has 120 valence electrons. The van der Waals surface area contributed by atoms with Crippen molar-refractivity contribution in [1.29, 1.82) is 0 Å². The van der Waals surface area contributed by atoms with E-state index < -0.39 is 10.0 Å². The molecule has 3 heterocycles. The minimum Gasteiger partial charge on any atom is -0.294 e. The third-order valence-corrected chi connectivity index (χ3v) is 6.50. The zero-order valence-corrected chi connectivity index (χ0v) is 13.6. The fourth-order valence-electron chi connectivity index (χ4n) is 3.56. The van der Waals surface area contributed by atoms with Crippen molar-refractivity contribution in [2.45, 2.75) is 30.3 Å². The summed E-state index contributed by atoms with van der Waals surface area (Å²) in [4.78, 5) is 6.63. The predicted molar refractivity (Wildman–Crippen MR) is 88.6 cm³/mol.